The number of ether oxygens (including phenoxy) is 3. The number of halogens is 2. The molecule has 0 aliphatic carbocycles. The number of carbonyl (C=O) groups excluding carboxylic acids is 2. The van der Waals surface area contributed by atoms with E-state index in [4.69, 9.17) is 37.4 Å². The van der Waals surface area contributed by atoms with Crippen molar-refractivity contribution in [3.05, 3.63) is 57.1 Å². The van der Waals surface area contributed by atoms with Gasteiger partial charge >= 0.3 is 5.97 Å². The molecule has 144 valence electrons. The van der Waals surface area contributed by atoms with Gasteiger partial charge in [0.05, 0.1) is 24.8 Å². The highest BCUT2D eigenvalue weighted by molar-refractivity contribution is 6.36. The summed E-state index contributed by atoms with van der Waals surface area (Å²) in [5, 5.41) is 3.09. The lowest BCUT2D eigenvalue weighted by Crippen LogP contribution is -2.30. The van der Waals surface area contributed by atoms with Crippen molar-refractivity contribution in [3.8, 4) is 11.5 Å². The van der Waals surface area contributed by atoms with Gasteiger partial charge in [-0.1, -0.05) is 23.2 Å². The molecule has 0 aromatic heterocycles. The number of amides is 1. The molecule has 27 heavy (non-hydrogen) atoms. The van der Waals surface area contributed by atoms with Gasteiger partial charge in [-0.25, -0.2) is 0 Å². The molecule has 2 aromatic carbocycles. The number of nitrogens with one attached hydrogen (secondary N) is 1. The van der Waals surface area contributed by atoms with Gasteiger partial charge in [-0.15, -0.1) is 0 Å². The summed E-state index contributed by atoms with van der Waals surface area (Å²) in [6.45, 7) is 1.63. The first kappa shape index (κ1) is 20.9. The summed E-state index contributed by atoms with van der Waals surface area (Å²) in [6.07, 6.45) is 0. The molecule has 0 bridgehead atoms. The van der Waals surface area contributed by atoms with Gasteiger partial charge in [-0.3, -0.25) is 9.59 Å². The van der Waals surface area contributed by atoms with Crippen LogP contribution in [0.1, 0.15) is 21.5 Å². The highest BCUT2D eigenvalue weighted by atomic mass is 35.5. The van der Waals surface area contributed by atoms with Gasteiger partial charge < -0.3 is 19.5 Å². The van der Waals surface area contributed by atoms with E-state index in [-0.39, 0.29) is 23.7 Å². The summed E-state index contributed by atoms with van der Waals surface area (Å²) in [5.41, 5.74) is 1.88. The average Bonchev–Trinajstić information content (AvgIpc) is 2.64. The van der Waals surface area contributed by atoms with Crippen molar-refractivity contribution in [2.24, 2.45) is 0 Å². The van der Waals surface area contributed by atoms with Crippen molar-refractivity contribution in [2.75, 3.05) is 20.8 Å². The third kappa shape index (κ3) is 5.52. The Labute approximate surface area is 167 Å². The maximum atomic E-state index is 12.1. The first-order chi connectivity index (χ1) is 12.8. The van der Waals surface area contributed by atoms with Gasteiger partial charge in [0.15, 0.2) is 11.5 Å². The zero-order valence-electron chi connectivity index (χ0n) is 15.1. The number of methoxy groups -OCH3 is 2. The third-order valence-electron chi connectivity index (χ3n) is 3.80. The summed E-state index contributed by atoms with van der Waals surface area (Å²) in [7, 11) is 3.08. The Morgan fingerprint density at radius 3 is 2.33 bits per heavy atom. The topological polar surface area (TPSA) is 73.9 Å². The number of hydrogen-bond acceptors (Lipinski definition) is 5. The Morgan fingerprint density at radius 2 is 1.70 bits per heavy atom. The molecule has 0 saturated carbocycles. The Hall–Kier alpha value is -2.44. The molecule has 0 fully saturated rings. The second kappa shape index (κ2) is 9.48. The molecule has 0 aliphatic rings. The smallest absolute Gasteiger partial charge is 0.325 e. The lowest BCUT2D eigenvalue weighted by Gasteiger charge is -2.13. The van der Waals surface area contributed by atoms with E-state index >= 15 is 0 Å². The monoisotopic (exact) mass is 411 g/mol. The van der Waals surface area contributed by atoms with Crippen LogP contribution in [0.2, 0.25) is 10.0 Å². The lowest BCUT2D eigenvalue weighted by molar-refractivity contribution is -0.143. The molecule has 2 rings (SSSR count). The van der Waals surface area contributed by atoms with Crippen LogP contribution in [0.5, 0.6) is 11.5 Å². The summed E-state index contributed by atoms with van der Waals surface area (Å²) < 4.78 is 15.7. The van der Waals surface area contributed by atoms with Crippen LogP contribution in [0.25, 0.3) is 0 Å². The molecule has 1 N–H and O–H groups in total. The Kier molecular flexibility index (Phi) is 7.33. The molecular weight excluding hydrogens is 393 g/mol. The number of carbonyl (C=O) groups is 2. The molecule has 0 spiro atoms. The fourth-order valence-electron chi connectivity index (χ4n) is 2.31. The molecule has 0 heterocycles. The molecule has 0 aliphatic heterocycles. The average molecular weight is 412 g/mol. The standard InChI is InChI=1S/C19H19Cl2NO5/c1-11-6-16(25-2)17(26-3)7-12(11)10-27-18(23)9-22-19(24)14-5-4-13(20)8-15(14)21/h4-8H,9-10H2,1-3H3,(H,22,24). The second-order valence-electron chi connectivity index (χ2n) is 5.60. The minimum absolute atomic E-state index is 0.0442. The molecule has 0 radical (unpaired) electrons. The second-order valence-corrected chi connectivity index (χ2v) is 6.44. The predicted octanol–water partition coefficient (Wildman–Crippen LogP) is 3.79. The number of hydrogen-bond donors (Lipinski definition) is 1. The quantitative estimate of drug-likeness (QED) is 0.701. The maximum Gasteiger partial charge on any atom is 0.325 e. The molecule has 2 aromatic rings. The van der Waals surface area contributed by atoms with E-state index in [0.29, 0.717) is 16.5 Å². The number of esters is 1. The van der Waals surface area contributed by atoms with Crippen LogP contribution < -0.4 is 14.8 Å². The van der Waals surface area contributed by atoms with E-state index < -0.39 is 11.9 Å². The molecule has 0 atom stereocenters. The molecular formula is C19H19Cl2NO5. The molecule has 0 saturated heterocycles. The van der Waals surface area contributed by atoms with Crippen LogP contribution in [0.3, 0.4) is 0 Å². The molecule has 0 unspecified atom stereocenters. The lowest BCUT2D eigenvalue weighted by atomic mass is 10.1. The van der Waals surface area contributed by atoms with E-state index in [9.17, 15) is 9.59 Å². The minimum atomic E-state index is -0.581. The highest BCUT2D eigenvalue weighted by Crippen LogP contribution is 2.30. The SMILES string of the molecule is COc1cc(C)c(COC(=O)CNC(=O)c2ccc(Cl)cc2Cl)cc1OC. The fraction of sp³-hybridized carbons (Fsp3) is 0.263. The van der Waals surface area contributed by atoms with E-state index in [2.05, 4.69) is 5.32 Å². The van der Waals surface area contributed by atoms with Gasteiger partial charge in [0.2, 0.25) is 0 Å². The van der Waals surface area contributed by atoms with Crippen molar-refractivity contribution in [1.29, 1.82) is 0 Å². The first-order valence-corrected chi connectivity index (χ1v) is 8.71. The summed E-state index contributed by atoms with van der Waals surface area (Å²) in [4.78, 5) is 24.0. The third-order valence-corrected chi connectivity index (χ3v) is 4.35. The normalized spacial score (nSPS) is 10.3. The summed E-state index contributed by atoms with van der Waals surface area (Å²) >= 11 is 11.8. The van der Waals surface area contributed by atoms with Crippen LogP contribution in [-0.4, -0.2) is 32.6 Å². The van der Waals surface area contributed by atoms with Crippen molar-refractivity contribution in [1.82, 2.24) is 5.32 Å². The highest BCUT2D eigenvalue weighted by Gasteiger charge is 2.14. The van der Waals surface area contributed by atoms with Crippen LogP contribution in [0.4, 0.5) is 0 Å². The van der Waals surface area contributed by atoms with Crippen LogP contribution >= 0.6 is 23.2 Å². The minimum Gasteiger partial charge on any atom is -0.493 e. The van der Waals surface area contributed by atoms with E-state index in [1.165, 1.54) is 19.2 Å². The van der Waals surface area contributed by atoms with Crippen molar-refractivity contribution >= 4 is 35.1 Å². The zero-order chi connectivity index (χ0) is 20.0. The molecule has 8 heteroatoms. The van der Waals surface area contributed by atoms with Crippen LogP contribution in [0, 0.1) is 6.92 Å². The predicted molar refractivity (Wildman–Crippen MR) is 103 cm³/mol. The Bertz CT molecular complexity index is 854. The van der Waals surface area contributed by atoms with E-state index in [1.54, 1.807) is 25.3 Å². The summed E-state index contributed by atoms with van der Waals surface area (Å²) in [5.74, 6) is 0.0653. The van der Waals surface area contributed by atoms with Gasteiger partial charge in [0, 0.05) is 5.02 Å². The first-order valence-electron chi connectivity index (χ1n) is 7.96. The maximum absolute atomic E-state index is 12.1. The van der Waals surface area contributed by atoms with E-state index in [1.807, 2.05) is 6.92 Å². The van der Waals surface area contributed by atoms with Gasteiger partial charge in [-0.2, -0.15) is 0 Å². The van der Waals surface area contributed by atoms with Crippen molar-refractivity contribution in [3.63, 3.8) is 0 Å². The number of aryl methyl sites for hydroxylation is 1. The number of rotatable bonds is 7. The van der Waals surface area contributed by atoms with Gasteiger partial charge in [0.25, 0.3) is 5.91 Å². The van der Waals surface area contributed by atoms with Crippen molar-refractivity contribution < 1.29 is 23.8 Å². The number of benzene rings is 2. The van der Waals surface area contributed by atoms with E-state index in [0.717, 1.165) is 11.1 Å². The van der Waals surface area contributed by atoms with Gasteiger partial charge in [0.1, 0.15) is 13.2 Å². The van der Waals surface area contributed by atoms with Crippen molar-refractivity contribution in [2.45, 2.75) is 13.5 Å². The molecule has 6 nitrogen and oxygen atoms in total. The fourth-order valence-corrected chi connectivity index (χ4v) is 2.80. The van der Waals surface area contributed by atoms with Crippen LogP contribution in [-0.2, 0) is 16.1 Å². The Morgan fingerprint density at radius 1 is 1.04 bits per heavy atom. The largest absolute Gasteiger partial charge is 0.493 e. The zero-order valence-corrected chi connectivity index (χ0v) is 16.6. The molecule has 1 amide bonds. The summed E-state index contributed by atoms with van der Waals surface area (Å²) in [6, 6.07) is 8.02. The Balaban J connectivity index is 1.92. The van der Waals surface area contributed by atoms with Gasteiger partial charge in [-0.05, 0) is 48.4 Å². The van der Waals surface area contributed by atoms with Crippen LogP contribution in [0.15, 0.2) is 30.3 Å².